The summed E-state index contributed by atoms with van der Waals surface area (Å²) < 4.78 is 6.58. The molecule has 0 aliphatic rings. The molecule has 0 saturated carbocycles. The number of hydrogen-bond acceptors (Lipinski definition) is 3. The van der Waals surface area contributed by atoms with E-state index >= 15 is 0 Å². The lowest BCUT2D eigenvalue weighted by atomic mass is 9.99. The SMILES string of the molecule is COc1c(C(N)c2sccc2Br)ccc(C)c1C. The summed E-state index contributed by atoms with van der Waals surface area (Å²) in [4.78, 5) is 1.12. The van der Waals surface area contributed by atoms with Crippen molar-refractivity contribution in [3.63, 3.8) is 0 Å². The molecule has 1 heterocycles. The lowest BCUT2D eigenvalue weighted by molar-refractivity contribution is 0.404. The van der Waals surface area contributed by atoms with E-state index in [1.54, 1.807) is 18.4 Å². The molecular weight excluding hydrogens is 310 g/mol. The van der Waals surface area contributed by atoms with Gasteiger partial charge in [0.25, 0.3) is 0 Å². The van der Waals surface area contributed by atoms with Crippen molar-refractivity contribution in [1.82, 2.24) is 0 Å². The Bertz CT molecular complexity index is 565. The number of methoxy groups -OCH3 is 1. The average Bonchev–Trinajstić information content (AvgIpc) is 2.78. The zero-order valence-electron chi connectivity index (χ0n) is 10.7. The van der Waals surface area contributed by atoms with E-state index in [-0.39, 0.29) is 6.04 Å². The molecular formula is C14H16BrNOS. The second kappa shape index (κ2) is 5.43. The minimum absolute atomic E-state index is 0.159. The van der Waals surface area contributed by atoms with E-state index in [1.807, 2.05) is 11.4 Å². The van der Waals surface area contributed by atoms with Gasteiger partial charge in [0, 0.05) is 14.9 Å². The predicted octanol–water partition coefficient (Wildman–Crippen LogP) is 4.18. The van der Waals surface area contributed by atoms with Gasteiger partial charge in [0.05, 0.1) is 13.2 Å². The van der Waals surface area contributed by atoms with Crippen LogP contribution in [-0.4, -0.2) is 7.11 Å². The van der Waals surface area contributed by atoms with Crippen LogP contribution >= 0.6 is 27.3 Å². The van der Waals surface area contributed by atoms with E-state index in [9.17, 15) is 0 Å². The van der Waals surface area contributed by atoms with Crippen molar-refractivity contribution >= 4 is 27.3 Å². The van der Waals surface area contributed by atoms with Crippen LogP contribution in [0.15, 0.2) is 28.1 Å². The Hall–Kier alpha value is -0.840. The van der Waals surface area contributed by atoms with Crippen LogP contribution in [0.25, 0.3) is 0 Å². The molecule has 0 radical (unpaired) electrons. The summed E-state index contributed by atoms with van der Waals surface area (Å²) in [6.45, 7) is 4.14. The first-order chi connectivity index (χ1) is 8.56. The molecule has 2 N–H and O–H groups in total. The van der Waals surface area contributed by atoms with Crippen LogP contribution in [-0.2, 0) is 0 Å². The van der Waals surface area contributed by atoms with E-state index in [0.717, 1.165) is 26.2 Å². The monoisotopic (exact) mass is 325 g/mol. The predicted molar refractivity (Wildman–Crippen MR) is 80.5 cm³/mol. The van der Waals surface area contributed by atoms with Crippen molar-refractivity contribution in [2.75, 3.05) is 7.11 Å². The van der Waals surface area contributed by atoms with Crippen LogP contribution in [0.5, 0.6) is 5.75 Å². The van der Waals surface area contributed by atoms with Crippen LogP contribution in [0.3, 0.4) is 0 Å². The summed E-state index contributed by atoms with van der Waals surface area (Å²) >= 11 is 5.19. The maximum absolute atomic E-state index is 6.36. The number of thiophene rings is 1. The molecule has 1 aromatic carbocycles. The number of hydrogen-bond donors (Lipinski definition) is 1. The Morgan fingerprint density at radius 1 is 1.28 bits per heavy atom. The lowest BCUT2D eigenvalue weighted by Crippen LogP contribution is -2.13. The van der Waals surface area contributed by atoms with E-state index in [2.05, 4.69) is 41.9 Å². The third-order valence-electron chi connectivity index (χ3n) is 3.17. The summed E-state index contributed by atoms with van der Waals surface area (Å²) in [5, 5.41) is 2.03. The van der Waals surface area contributed by atoms with Crippen molar-refractivity contribution in [3.05, 3.63) is 49.6 Å². The molecule has 1 aromatic heterocycles. The second-order valence-electron chi connectivity index (χ2n) is 4.24. The first kappa shape index (κ1) is 13.6. The van der Waals surface area contributed by atoms with E-state index < -0.39 is 0 Å². The molecule has 0 spiro atoms. The van der Waals surface area contributed by atoms with Crippen molar-refractivity contribution in [2.45, 2.75) is 19.9 Å². The van der Waals surface area contributed by atoms with Crippen LogP contribution in [0.2, 0.25) is 0 Å². The highest BCUT2D eigenvalue weighted by Crippen LogP contribution is 2.37. The van der Waals surface area contributed by atoms with Crippen molar-refractivity contribution < 1.29 is 4.74 Å². The molecule has 1 unspecified atom stereocenters. The number of nitrogens with two attached hydrogens (primary N) is 1. The maximum Gasteiger partial charge on any atom is 0.127 e. The molecule has 1 atom stereocenters. The molecule has 0 bridgehead atoms. The molecule has 0 fully saturated rings. The summed E-state index contributed by atoms with van der Waals surface area (Å²) in [5.41, 5.74) is 9.76. The first-order valence-corrected chi connectivity index (χ1v) is 7.36. The number of ether oxygens (including phenoxy) is 1. The molecule has 2 aromatic rings. The van der Waals surface area contributed by atoms with Crippen LogP contribution < -0.4 is 10.5 Å². The quantitative estimate of drug-likeness (QED) is 0.918. The largest absolute Gasteiger partial charge is 0.496 e. The Morgan fingerprint density at radius 2 is 2.00 bits per heavy atom. The molecule has 2 nitrogen and oxygen atoms in total. The smallest absolute Gasteiger partial charge is 0.127 e. The summed E-state index contributed by atoms with van der Waals surface area (Å²) in [6.07, 6.45) is 0. The molecule has 0 aliphatic carbocycles. The number of benzene rings is 1. The Labute approximate surface area is 120 Å². The van der Waals surface area contributed by atoms with Crippen LogP contribution in [0.4, 0.5) is 0 Å². The van der Waals surface area contributed by atoms with Gasteiger partial charge in [0.15, 0.2) is 0 Å². The summed E-state index contributed by atoms with van der Waals surface area (Å²) in [6, 6.07) is 6.01. The highest BCUT2D eigenvalue weighted by atomic mass is 79.9. The fraction of sp³-hybridized carbons (Fsp3) is 0.286. The van der Waals surface area contributed by atoms with E-state index in [0.29, 0.717) is 0 Å². The fourth-order valence-electron chi connectivity index (χ4n) is 2.00. The molecule has 0 amide bonds. The number of aryl methyl sites for hydroxylation is 1. The zero-order valence-corrected chi connectivity index (χ0v) is 13.1. The maximum atomic E-state index is 6.36. The van der Waals surface area contributed by atoms with Gasteiger partial charge in [-0.25, -0.2) is 0 Å². The van der Waals surface area contributed by atoms with Crippen molar-refractivity contribution in [3.8, 4) is 5.75 Å². The molecule has 2 rings (SSSR count). The lowest BCUT2D eigenvalue weighted by Gasteiger charge is -2.18. The van der Waals surface area contributed by atoms with Crippen LogP contribution in [0.1, 0.15) is 27.6 Å². The highest BCUT2D eigenvalue weighted by Gasteiger charge is 2.19. The molecule has 4 heteroatoms. The van der Waals surface area contributed by atoms with E-state index in [4.69, 9.17) is 10.5 Å². The molecule has 18 heavy (non-hydrogen) atoms. The zero-order chi connectivity index (χ0) is 13.3. The number of halogens is 1. The van der Waals surface area contributed by atoms with E-state index in [1.165, 1.54) is 5.56 Å². The van der Waals surface area contributed by atoms with Gasteiger partial charge in [0.1, 0.15) is 5.75 Å². The number of rotatable bonds is 3. The van der Waals surface area contributed by atoms with Gasteiger partial charge in [-0.3, -0.25) is 0 Å². The van der Waals surface area contributed by atoms with Crippen LogP contribution in [0, 0.1) is 13.8 Å². The Balaban J connectivity index is 2.52. The molecule has 0 aliphatic heterocycles. The average molecular weight is 326 g/mol. The summed E-state index contributed by atoms with van der Waals surface area (Å²) in [5.74, 6) is 0.891. The first-order valence-electron chi connectivity index (χ1n) is 5.68. The molecule has 96 valence electrons. The van der Waals surface area contributed by atoms with Gasteiger partial charge >= 0.3 is 0 Å². The van der Waals surface area contributed by atoms with Crippen molar-refractivity contribution in [1.29, 1.82) is 0 Å². The fourth-order valence-corrected chi connectivity index (χ4v) is 3.63. The topological polar surface area (TPSA) is 35.2 Å². The van der Waals surface area contributed by atoms with Gasteiger partial charge < -0.3 is 10.5 Å². The normalized spacial score (nSPS) is 12.5. The van der Waals surface area contributed by atoms with Gasteiger partial charge in [-0.05, 0) is 52.4 Å². The third-order valence-corrected chi connectivity index (χ3v) is 5.13. The molecule has 0 saturated heterocycles. The van der Waals surface area contributed by atoms with Gasteiger partial charge in [-0.2, -0.15) is 0 Å². The minimum atomic E-state index is -0.159. The standard InChI is InChI=1S/C14H16BrNOS/c1-8-4-5-10(13(17-3)9(8)2)12(16)14-11(15)6-7-18-14/h4-7,12H,16H2,1-3H3. The minimum Gasteiger partial charge on any atom is -0.496 e. The Morgan fingerprint density at radius 3 is 2.56 bits per heavy atom. The third kappa shape index (κ3) is 2.32. The summed E-state index contributed by atoms with van der Waals surface area (Å²) in [7, 11) is 1.70. The van der Waals surface area contributed by atoms with Gasteiger partial charge in [-0.1, -0.05) is 12.1 Å². The van der Waals surface area contributed by atoms with Crippen molar-refractivity contribution in [2.24, 2.45) is 5.73 Å². The van der Waals surface area contributed by atoms with Gasteiger partial charge in [0.2, 0.25) is 0 Å². The Kier molecular flexibility index (Phi) is 4.10. The second-order valence-corrected chi connectivity index (χ2v) is 6.04. The highest BCUT2D eigenvalue weighted by molar-refractivity contribution is 9.10. The van der Waals surface area contributed by atoms with Gasteiger partial charge in [-0.15, -0.1) is 11.3 Å².